The van der Waals surface area contributed by atoms with Crippen LogP contribution in [-0.4, -0.2) is 38.3 Å². The Morgan fingerprint density at radius 3 is 2.32 bits per heavy atom. The van der Waals surface area contributed by atoms with Gasteiger partial charge in [0, 0.05) is 17.9 Å². The summed E-state index contributed by atoms with van der Waals surface area (Å²) in [5.74, 6) is -0.501. The third-order valence-electron chi connectivity index (χ3n) is 4.31. The van der Waals surface area contributed by atoms with Crippen molar-refractivity contribution in [2.45, 2.75) is 35.3 Å². The molecule has 0 aliphatic heterocycles. The first kappa shape index (κ1) is 22.7. The average molecular weight is 441 g/mol. The smallest absolute Gasteiger partial charge is 0.272 e. The van der Waals surface area contributed by atoms with E-state index in [4.69, 9.17) is 0 Å². The number of rotatable bonds is 8. The minimum absolute atomic E-state index is 0.0202. The van der Waals surface area contributed by atoms with Crippen molar-refractivity contribution in [1.29, 1.82) is 0 Å². The van der Waals surface area contributed by atoms with Gasteiger partial charge in [0.15, 0.2) is 0 Å². The van der Waals surface area contributed by atoms with Crippen LogP contribution >= 0.6 is 18.0 Å². The standard InChI is InChI=1S/C19H25N2O4PS2/c1-5-15(2)27-26(23,20-3)21(4)19(22)16-10-9-13-18(14-16)28(24,25)17-11-7-6-8-12-17/h6-15H,5H2,1-4H3,(H,20,23). The van der Waals surface area contributed by atoms with Crippen molar-refractivity contribution in [2.75, 3.05) is 14.1 Å². The normalized spacial score (nSPS) is 14.9. The van der Waals surface area contributed by atoms with E-state index in [9.17, 15) is 17.8 Å². The second-order valence-electron chi connectivity index (χ2n) is 6.24. The van der Waals surface area contributed by atoms with Crippen molar-refractivity contribution >= 4 is 33.8 Å². The summed E-state index contributed by atoms with van der Waals surface area (Å²) in [7, 11) is -0.728. The number of nitrogens with one attached hydrogen (secondary N) is 1. The first-order valence-electron chi connectivity index (χ1n) is 8.82. The van der Waals surface area contributed by atoms with Crippen molar-refractivity contribution in [2.24, 2.45) is 0 Å². The van der Waals surface area contributed by atoms with E-state index in [1.165, 1.54) is 59.5 Å². The fourth-order valence-electron chi connectivity index (χ4n) is 2.43. The summed E-state index contributed by atoms with van der Waals surface area (Å²) < 4.78 is 40.0. The molecule has 1 N–H and O–H groups in total. The molecule has 2 aromatic rings. The summed E-state index contributed by atoms with van der Waals surface area (Å²) >= 11 is 1.22. The Labute approximate surface area is 170 Å². The van der Waals surface area contributed by atoms with E-state index in [0.29, 0.717) is 0 Å². The van der Waals surface area contributed by atoms with Crippen molar-refractivity contribution in [3.63, 3.8) is 0 Å². The lowest BCUT2D eigenvalue weighted by atomic mass is 10.2. The fraction of sp³-hybridized carbons (Fsp3) is 0.316. The highest BCUT2D eigenvalue weighted by molar-refractivity contribution is 8.57. The molecule has 152 valence electrons. The maximum atomic E-state index is 13.2. The lowest BCUT2D eigenvalue weighted by Gasteiger charge is -2.29. The molecule has 28 heavy (non-hydrogen) atoms. The summed E-state index contributed by atoms with van der Waals surface area (Å²) in [5, 5.41) is 2.87. The number of carbonyl (C=O) groups excluding carboxylic acids is 1. The Balaban J connectivity index is 2.37. The molecule has 0 aliphatic rings. The lowest BCUT2D eigenvalue weighted by molar-refractivity contribution is 0.0881. The molecule has 0 saturated carbocycles. The van der Waals surface area contributed by atoms with Crippen LogP contribution in [0.4, 0.5) is 0 Å². The third-order valence-corrected chi connectivity index (χ3v) is 11.8. The molecule has 2 aromatic carbocycles. The SMILES string of the molecule is CCC(C)SP(=O)(NC)N(C)C(=O)c1cccc(S(=O)(=O)c2ccccc2)c1. The van der Waals surface area contributed by atoms with Gasteiger partial charge in [0.25, 0.3) is 12.6 Å². The molecule has 0 aliphatic carbocycles. The quantitative estimate of drug-likeness (QED) is 0.611. The van der Waals surface area contributed by atoms with Crippen LogP contribution in [0.1, 0.15) is 30.6 Å². The van der Waals surface area contributed by atoms with Gasteiger partial charge in [0.1, 0.15) is 0 Å². The molecule has 2 rings (SSSR count). The molecular formula is C19H25N2O4PS2. The molecule has 0 saturated heterocycles. The molecule has 9 heteroatoms. The molecular weight excluding hydrogens is 415 g/mol. The molecule has 6 nitrogen and oxygen atoms in total. The van der Waals surface area contributed by atoms with Gasteiger partial charge in [0.2, 0.25) is 9.84 Å². The van der Waals surface area contributed by atoms with Gasteiger partial charge < -0.3 is 0 Å². The van der Waals surface area contributed by atoms with E-state index >= 15 is 0 Å². The maximum absolute atomic E-state index is 13.2. The number of hydrogen-bond acceptors (Lipinski definition) is 5. The third kappa shape index (κ3) is 4.87. The van der Waals surface area contributed by atoms with Gasteiger partial charge in [-0.05, 0) is 43.8 Å². The Bertz CT molecular complexity index is 980. The number of sulfone groups is 1. The first-order chi connectivity index (χ1) is 13.2. The summed E-state index contributed by atoms with van der Waals surface area (Å²) in [5.41, 5.74) is 0.166. The van der Waals surface area contributed by atoms with Gasteiger partial charge in [-0.25, -0.2) is 13.5 Å². The highest BCUT2D eigenvalue weighted by Crippen LogP contribution is 2.59. The van der Waals surface area contributed by atoms with Crippen molar-refractivity contribution in [3.8, 4) is 0 Å². The van der Waals surface area contributed by atoms with Crippen LogP contribution in [0.15, 0.2) is 64.4 Å². The maximum Gasteiger partial charge on any atom is 0.294 e. The topological polar surface area (TPSA) is 83.6 Å². The van der Waals surface area contributed by atoms with Crippen LogP contribution in [0, 0.1) is 0 Å². The zero-order valence-corrected chi connectivity index (χ0v) is 18.9. The number of hydrogen-bond donors (Lipinski definition) is 1. The Hall–Kier alpha value is -1.60. The van der Waals surface area contributed by atoms with Gasteiger partial charge in [-0.1, -0.05) is 49.5 Å². The Morgan fingerprint density at radius 1 is 1.14 bits per heavy atom. The molecule has 0 aromatic heterocycles. The zero-order valence-electron chi connectivity index (χ0n) is 16.3. The molecule has 2 atom stereocenters. The number of benzene rings is 2. The van der Waals surface area contributed by atoms with E-state index in [-0.39, 0.29) is 20.6 Å². The van der Waals surface area contributed by atoms with E-state index in [1.807, 2.05) is 13.8 Å². The summed E-state index contributed by atoms with van der Waals surface area (Å²) in [4.78, 5) is 13.1. The second kappa shape index (κ2) is 9.27. The van der Waals surface area contributed by atoms with Crippen LogP contribution < -0.4 is 5.09 Å². The molecule has 0 bridgehead atoms. The minimum atomic E-state index is -3.75. The molecule has 0 fully saturated rings. The molecule has 2 unspecified atom stereocenters. The van der Waals surface area contributed by atoms with Crippen LogP contribution in [0.25, 0.3) is 0 Å². The summed E-state index contributed by atoms with van der Waals surface area (Å²) in [6.45, 7) is 0.730. The highest BCUT2D eigenvalue weighted by atomic mass is 32.7. The predicted molar refractivity (Wildman–Crippen MR) is 114 cm³/mol. The number of carbonyl (C=O) groups is 1. The molecule has 1 amide bonds. The fourth-order valence-corrected chi connectivity index (χ4v) is 8.17. The molecule has 0 heterocycles. The summed E-state index contributed by atoms with van der Waals surface area (Å²) in [6.07, 6.45) is 0.809. The largest absolute Gasteiger partial charge is 0.294 e. The lowest BCUT2D eigenvalue weighted by Crippen LogP contribution is -2.28. The summed E-state index contributed by atoms with van der Waals surface area (Å²) in [6, 6.07) is 13.9. The van der Waals surface area contributed by atoms with E-state index < -0.39 is 22.4 Å². The zero-order chi connectivity index (χ0) is 20.9. The monoisotopic (exact) mass is 440 g/mol. The molecule has 0 radical (unpaired) electrons. The van der Waals surface area contributed by atoms with Crippen molar-refractivity contribution < 1.29 is 17.8 Å². The van der Waals surface area contributed by atoms with E-state index in [1.54, 1.807) is 25.2 Å². The van der Waals surface area contributed by atoms with Crippen molar-refractivity contribution in [1.82, 2.24) is 9.76 Å². The van der Waals surface area contributed by atoms with Crippen LogP contribution in [0.2, 0.25) is 0 Å². The first-order valence-corrected chi connectivity index (χ1v) is 13.4. The van der Waals surface area contributed by atoms with Crippen molar-refractivity contribution in [3.05, 3.63) is 60.2 Å². The minimum Gasteiger partial charge on any atom is -0.272 e. The predicted octanol–water partition coefficient (Wildman–Crippen LogP) is 4.45. The van der Waals surface area contributed by atoms with E-state index in [2.05, 4.69) is 5.09 Å². The van der Waals surface area contributed by atoms with Crippen LogP contribution in [0.3, 0.4) is 0 Å². The van der Waals surface area contributed by atoms with E-state index in [0.717, 1.165) is 6.42 Å². The van der Waals surface area contributed by atoms with Gasteiger partial charge in [-0.3, -0.25) is 14.0 Å². The number of nitrogens with zero attached hydrogens (tertiary/aromatic N) is 1. The van der Waals surface area contributed by atoms with Crippen LogP contribution in [0.5, 0.6) is 0 Å². The highest BCUT2D eigenvalue weighted by Gasteiger charge is 2.33. The van der Waals surface area contributed by atoms with Gasteiger partial charge in [-0.2, -0.15) is 0 Å². The molecule has 0 spiro atoms. The Morgan fingerprint density at radius 2 is 1.75 bits per heavy atom. The van der Waals surface area contributed by atoms with Gasteiger partial charge in [0.05, 0.1) is 9.79 Å². The van der Waals surface area contributed by atoms with Crippen LogP contribution in [-0.2, 0) is 14.4 Å². The Kier molecular flexibility index (Phi) is 7.51. The van der Waals surface area contributed by atoms with Gasteiger partial charge in [-0.15, -0.1) is 0 Å². The average Bonchev–Trinajstić information content (AvgIpc) is 2.73. The second-order valence-corrected chi connectivity index (χ2v) is 13.4. The number of amides is 1. The van der Waals surface area contributed by atoms with Gasteiger partial charge >= 0.3 is 0 Å².